The van der Waals surface area contributed by atoms with Gasteiger partial charge in [0.1, 0.15) is 5.58 Å². The molecule has 2 aromatic carbocycles. The second-order valence-corrected chi connectivity index (χ2v) is 9.65. The summed E-state index contributed by atoms with van der Waals surface area (Å²) in [5.74, 6) is 0.922. The average Bonchev–Trinajstić information content (AvgIpc) is 3.30. The molecule has 2 bridgehead atoms. The number of hydrogen-bond donors (Lipinski definition) is 1. The minimum absolute atomic E-state index is 0. The van der Waals surface area contributed by atoms with Crippen molar-refractivity contribution in [1.82, 2.24) is 10.2 Å². The van der Waals surface area contributed by atoms with E-state index in [2.05, 4.69) is 51.5 Å². The number of fused-ring (bicyclic) bond motifs is 4. The molecule has 34 heavy (non-hydrogen) atoms. The van der Waals surface area contributed by atoms with Crippen molar-refractivity contribution in [2.45, 2.75) is 38.1 Å². The molecule has 4 fully saturated rings. The fourth-order valence-corrected chi connectivity index (χ4v) is 5.79. The molecule has 0 unspecified atom stereocenters. The molecule has 1 aromatic heterocycles. The van der Waals surface area contributed by atoms with Crippen molar-refractivity contribution in [1.29, 1.82) is 0 Å². The van der Waals surface area contributed by atoms with Crippen molar-refractivity contribution < 1.29 is 9.21 Å². The van der Waals surface area contributed by atoms with Crippen molar-refractivity contribution >= 4 is 47.4 Å². The summed E-state index contributed by atoms with van der Waals surface area (Å²) in [7, 11) is 0. The fraction of sp³-hybridized carbons (Fsp3) is 0.444. The fourth-order valence-electron chi connectivity index (χ4n) is 5.79. The number of nitrogens with zero attached hydrogens (tertiary/aromatic N) is 2. The second kappa shape index (κ2) is 10.6. The van der Waals surface area contributed by atoms with Gasteiger partial charge in [-0.1, -0.05) is 30.3 Å². The number of hydrogen-bond acceptors (Lipinski definition) is 4. The summed E-state index contributed by atoms with van der Waals surface area (Å²) in [6, 6.07) is 17.0. The Morgan fingerprint density at radius 3 is 2.41 bits per heavy atom. The van der Waals surface area contributed by atoms with Crippen LogP contribution in [0.3, 0.4) is 0 Å². The smallest absolute Gasteiger partial charge is 0.287 e. The van der Waals surface area contributed by atoms with Gasteiger partial charge in [0.25, 0.3) is 5.91 Å². The highest BCUT2D eigenvalue weighted by atomic mass is 35.5. The van der Waals surface area contributed by atoms with E-state index in [9.17, 15) is 4.79 Å². The third-order valence-corrected chi connectivity index (χ3v) is 7.62. The standard InChI is InChI=1S/C27H31N3O2.2ClH/c31-27(28-24-18-29-14-10-19(24)11-15-29)25-17-21-7-5-9-23(26(21)32-25)20-6-4-8-22(16-20)30-12-2-1-3-13-30;;/h4-9,16-17,19,24H,1-3,10-15,18H2,(H,28,31);2*1H/t24-;;/m0../s1. The number of para-hydroxylation sites is 1. The van der Waals surface area contributed by atoms with Crippen LogP contribution in [0.5, 0.6) is 0 Å². The number of nitrogens with one attached hydrogen (secondary N) is 1. The van der Waals surface area contributed by atoms with Gasteiger partial charge in [-0.2, -0.15) is 0 Å². The first kappa shape index (κ1) is 24.9. The lowest BCUT2D eigenvalue weighted by atomic mass is 9.84. The Bertz CT molecular complexity index is 1130. The molecule has 1 amide bonds. The van der Waals surface area contributed by atoms with E-state index in [4.69, 9.17) is 4.42 Å². The zero-order chi connectivity index (χ0) is 21.5. The summed E-state index contributed by atoms with van der Waals surface area (Å²) in [6.07, 6.45) is 6.21. The zero-order valence-corrected chi connectivity index (χ0v) is 21.0. The van der Waals surface area contributed by atoms with Crippen LogP contribution in [0, 0.1) is 5.92 Å². The van der Waals surface area contributed by atoms with E-state index >= 15 is 0 Å². The van der Waals surface area contributed by atoms with E-state index in [1.54, 1.807) is 0 Å². The van der Waals surface area contributed by atoms with Crippen LogP contribution in [0.15, 0.2) is 52.9 Å². The molecule has 4 aliphatic rings. The van der Waals surface area contributed by atoms with Gasteiger partial charge in [-0.05, 0) is 74.9 Å². The van der Waals surface area contributed by atoms with Crippen LogP contribution in [-0.4, -0.2) is 49.6 Å². The van der Waals surface area contributed by atoms with Crippen LogP contribution in [-0.2, 0) is 0 Å². The number of furan rings is 1. The van der Waals surface area contributed by atoms with Crippen molar-refractivity contribution in [3.05, 3.63) is 54.3 Å². The van der Waals surface area contributed by atoms with Gasteiger partial charge in [0.05, 0.1) is 0 Å². The monoisotopic (exact) mass is 501 g/mol. The molecular formula is C27H33Cl2N3O2. The van der Waals surface area contributed by atoms with Crippen molar-refractivity contribution in [2.24, 2.45) is 5.92 Å². The summed E-state index contributed by atoms with van der Waals surface area (Å²) >= 11 is 0. The van der Waals surface area contributed by atoms with E-state index in [0.717, 1.165) is 41.7 Å². The SMILES string of the molecule is Cl.Cl.O=C(N[C@H]1CN2CCC1CC2)c1cc2cccc(-c3cccc(N4CCCCC4)c3)c2o1. The molecule has 1 N–H and O–H groups in total. The molecular weight excluding hydrogens is 469 g/mol. The summed E-state index contributed by atoms with van der Waals surface area (Å²) in [5, 5.41) is 4.23. The normalized spacial score (nSPS) is 23.8. The number of piperidine rings is 4. The number of carbonyl (C=O) groups excluding carboxylic acids is 1. The van der Waals surface area contributed by atoms with Crippen LogP contribution in [0.1, 0.15) is 42.7 Å². The third kappa shape index (κ3) is 4.79. The van der Waals surface area contributed by atoms with Gasteiger partial charge >= 0.3 is 0 Å². The lowest BCUT2D eigenvalue weighted by molar-refractivity contribution is 0.0607. The first-order valence-corrected chi connectivity index (χ1v) is 12.2. The molecule has 4 aliphatic heterocycles. The molecule has 3 aromatic rings. The van der Waals surface area contributed by atoms with E-state index in [0.29, 0.717) is 11.7 Å². The molecule has 5 nitrogen and oxygen atoms in total. The van der Waals surface area contributed by atoms with E-state index < -0.39 is 0 Å². The number of anilines is 1. The number of amides is 1. The van der Waals surface area contributed by atoms with Gasteiger partial charge in [-0.15, -0.1) is 24.8 Å². The molecule has 0 aliphatic carbocycles. The summed E-state index contributed by atoms with van der Waals surface area (Å²) < 4.78 is 6.18. The Balaban J connectivity index is 0.00000137. The molecule has 182 valence electrons. The van der Waals surface area contributed by atoms with Gasteiger partial charge in [0.15, 0.2) is 5.76 Å². The highest BCUT2D eigenvalue weighted by Gasteiger charge is 2.35. The van der Waals surface area contributed by atoms with Crippen LogP contribution in [0.25, 0.3) is 22.1 Å². The Morgan fingerprint density at radius 2 is 1.68 bits per heavy atom. The first-order valence-electron chi connectivity index (χ1n) is 12.2. The molecule has 7 heteroatoms. The highest BCUT2D eigenvalue weighted by molar-refractivity contribution is 6.00. The molecule has 5 heterocycles. The van der Waals surface area contributed by atoms with Gasteiger partial charge in [0, 0.05) is 42.3 Å². The first-order chi connectivity index (χ1) is 15.7. The topological polar surface area (TPSA) is 48.7 Å². The molecule has 7 rings (SSSR count). The lowest BCUT2D eigenvalue weighted by Crippen LogP contribution is -2.57. The largest absolute Gasteiger partial charge is 0.450 e. The van der Waals surface area contributed by atoms with Gasteiger partial charge in [0.2, 0.25) is 0 Å². The van der Waals surface area contributed by atoms with E-state index in [1.807, 2.05) is 12.1 Å². The van der Waals surface area contributed by atoms with Gasteiger partial charge in [-0.3, -0.25) is 4.79 Å². The summed E-state index contributed by atoms with van der Waals surface area (Å²) in [4.78, 5) is 18.0. The second-order valence-electron chi connectivity index (χ2n) is 9.65. The minimum atomic E-state index is -0.0898. The maximum absolute atomic E-state index is 13.0. The minimum Gasteiger partial charge on any atom is -0.450 e. The molecule has 1 atom stereocenters. The van der Waals surface area contributed by atoms with Crippen molar-refractivity contribution in [3.63, 3.8) is 0 Å². The molecule has 0 saturated carbocycles. The number of rotatable bonds is 4. The number of benzene rings is 2. The van der Waals surface area contributed by atoms with Crippen molar-refractivity contribution in [3.8, 4) is 11.1 Å². The predicted molar refractivity (Wildman–Crippen MR) is 143 cm³/mol. The zero-order valence-electron chi connectivity index (χ0n) is 19.4. The van der Waals surface area contributed by atoms with Gasteiger partial charge in [-0.25, -0.2) is 0 Å². The third-order valence-electron chi connectivity index (χ3n) is 7.62. The Labute approximate surface area is 213 Å². The van der Waals surface area contributed by atoms with Crippen LogP contribution >= 0.6 is 24.8 Å². The summed E-state index contributed by atoms with van der Waals surface area (Å²) in [5.41, 5.74) is 4.24. The van der Waals surface area contributed by atoms with Crippen LogP contribution < -0.4 is 10.2 Å². The maximum atomic E-state index is 13.0. The van der Waals surface area contributed by atoms with E-state index in [1.165, 1.54) is 50.9 Å². The highest BCUT2D eigenvalue weighted by Crippen LogP contribution is 2.34. The van der Waals surface area contributed by atoms with Crippen molar-refractivity contribution in [2.75, 3.05) is 37.6 Å². The number of carbonyl (C=O) groups is 1. The Hall–Kier alpha value is -2.21. The lowest BCUT2D eigenvalue weighted by Gasteiger charge is -2.44. The quantitative estimate of drug-likeness (QED) is 0.493. The molecule has 4 saturated heterocycles. The number of halogens is 2. The Kier molecular flexibility index (Phi) is 7.76. The Morgan fingerprint density at radius 1 is 0.912 bits per heavy atom. The maximum Gasteiger partial charge on any atom is 0.287 e. The van der Waals surface area contributed by atoms with Crippen LogP contribution in [0.4, 0.5) is 5.69 Å². The van der Waals surface area contributed by atoms with Gasteiger partial charge < -0.3 is 19.5 Å². The molecule has 0 spiro atoms. The van der Waals surface area contributed by atoms with Crippen LogP contribution in [0.2, 0.25) is 0 Å². The molecule has 0 radical (unpaired) electrons. The predicted octanol–water partition coefficient (Wildman–Crippen LogP) is 5.76. The average molecular weight is 502 g/mol. The van der Waals surface area contributed by atoms with E-state index in [-0.39, 0.29) is 36.8 Å². The summed E-state index contributed by atoms with van der Waals surface area (Å²) in [6.45, 7) is 5.55.